The summed E-state index contributed by atoms with van der Waals surface area (Å²) in [6, 6.07) is 3.50. The Hall–Kier alpha value is -1.86. The fourth-order valence-electron chi connectivity index (χ4n) is 4.07. The average molecular weight is 363 g/mol. The van der Waals surface area contributed by atoms with Gasteiger partial charge in [-0.3, -0.25) is 14.5 Å². The molecule has 7 nitrogen and oxygen atoms in total. The van der Waals surface area contributed by atoms with E-state index in [0.717, 1.165) is 32.5 Å². The molecule has 1 atom stereocenters. The van der Waals surface area contributed by atoms with Crippen molar-refractivity contribution in [3.63, 3.8) is 0 Å². The molecule has 0 saturated carbocycles. The summed E-state index contributed by atoms with van der Waals surface area (Å²) in [6.07, 6.45) is 2.22. The maximum absolute atomic E-state index is 12.9. The number of amides is 2. The molecule has 2 aliphatic rings. The number of hydrogen-bond acceptors (Lipinski definition) is 5. The molecule has 0 aromatic carbocycles. The third-order valence-corrected chi connectivity index (χ3v) is 5.83. The summed E-state index contributed by atoms with van der Waals surface area (Å²) in [4.78, 5) is 31.3. The Bertz CT molecular complexity index is 659. The second kappa shape index (κ2) is 7.80. The van der Waals surface area contributed by atoms with E-state index in [0.29, 0.717) is 37.6 Å². The monoisotopic (exact) mass is 363 g/mol. The lowest BCUT2D eigenvalue weighted by Crippen LogP contribution is -2.62. The number of piperazine rings is 1. The molecule has 2 aliphatic heterocycles. The molecule has 0 unspecified atom stereocenters. The van der Waals surface area contributed by atoms with Crippen LogP contribution >= 0.6 is 0 Å². The van der Waals surface area contributed by atoms with E-state index in [9.17, 15) is 9.59 Å². The molecular weight excluding hydrogens is 334 g/mol. The summed E-state index contributed by atoms with van der Waals surface area (Å²) in [7, 11) is 3.71. The smallest absolute Gasteiger partial charge is 0.289 e. The lowest BCUT2D eigenvalue weighted by atomic mass is 9.86. The molecule has 0 N–H and O–H groups in total. The van der Waals surface area contributed by atoms with Gasteiger partial charge < -0.3 is 19.0 Å². The summed E-state index contributed by atoms with van der Waals surface area (Å²) in [5, 5.41) is 0. The highest BCUT2D eigenvalue weighted by atomic mass is 16.5. The molecule has 2 fully saturated rings. The van der Waals surface area contributed by atoms with Crippen LogP contribution in [0.3, 0.4) is 0 Å². The zero-order valence-electron chi connectivity index (χ0n) is 16.0. The highest BCUT2D eigenvalue weighted by Crippen LogP contribution is 2.32. The quantitative estimate of drug-likeness (QED) is 0.813. The average Bonchev–Trinajstić information content (AvgIpc) is 3.04. The molecule has 3 heterocycles. The van der Waals surface area contributed by atoms with Gasteiger partial charge >= 0.3 is 0 Å². The minimum Gasteiger partial charge on any atom is -0.453 e. The van der Waals surface area contributed by atoms with Gasteiger partial charge in [0.2, 0.25) is 5.91 Å². The van der Waals surface area contributed by atoms with Crippen LogP contribution in [0.1, 0.15) is 42.5 Å². The number of likely N-dealkylation sites (tertiary alicyclic amines) is 1. The van der Waals surface area contributed by atoms with Gasteiger partial charge in [-0.1, -0.05) is 0 Å². The van der Waals surface area contributed by atoms with Crippen LogP contribution in [-0.4, -0.2) is 78.9 Å². The Balaban J connectivity index is 1.74. The molecule has 1 aromatic rings. The summed E-state index contributed by atoms with van der Waals surface area (Å²) in [5.74, 6) is 1.15. The third kappa shape index (κ3) is 3.64. The van der Waals surface area contributed by atoms with Crippen molar-refractivity contribution in [1.82, 2.24) is 14.7 Å². The van der Waals surface area contributed by atoms with Crippen molar-refractivity contribution in [1.29, 1.82) is 0 Å². The molecule has 2 amide bonds. The van der Waals surface area contributed by atoms with E-state index < -0.39 is 0 Å². The fourth-order valence-corrected chi connectivity index (χ4v) is 4.07. The Morgan fingerprint density at radius 1 is 1.27 bits per heavy atom. The number of methoxy groups -OCH3 is 1. The van der Waals surface area contributed by atoms with E-state index >= 15 is 0 Å². The second-order valence-corrected chi connectivity index (χ2v) is 7.29. The number of furan rings is 1. The van der Waals surface area contributed by atoms with Crippen molar-refractivity contribution in [2.75, 3.05) is 46.9 Å². The molecule has 2 saturated heterocycles. The van der Waals surface area contributed by atoms with E-state index in [1.165, 1.54) is 0 Å². The number of carbonyl (C=O) groups excluding carboxylic acids is 2. The summed E-state index contributed by atoms with van der Waals surface area (Å²) in [5.41, 5.74) is -0.143. The molecule has 0 radical (unpaired) electrons. The Labute approximate surface area is 154 Å². The highest BCUT2D eigenvalue weighted by molar-refractivity contribution is 5.91. The number of carbonyl (C=O) groups is 2. The van der Waals surface area contributed by atoms with Crippen molar-refractivity contribution in [3.8, 4) is 0 Å². The second-order valence-electron chi connectivity index (χ2n) is 7.29. The predicted octanol–water partition coefficient (Wildman–Crippen LogP) is 1.58. The van der Waals surface area contributed by atoms with Gasteiger partial charge in [0.25, 0.3) is 5.91 Å². The summed E-state index contributed by atoms with van der Waals surface area (Å²) < 4.78 is 10.7. The number of hydrogen-bond donors (Lipinski definition) is 0. The third-order valence-electron chi connectivity index (χ3n) is 5.83. The van der Waals surface area contributed by atoms with Gasteiger partial charge in [-0.15, -0.1) is 0 Å². The van der Waals surface area contributed by atoms with Gasteiger partial charge in [0.15, 0.2) is 5.76 Å². The first-order valence-electron chi connectivity index (χ1n) is 9.35. The van der Waals surface area contributed by atoms with Crippen LogP contribution in [0.15, 0.2) is 16.5 Å². The van der Waals surface area contributed by atoms with Gasteiger partial charge in [0, 0.05) is 51.8 Å². The minimum absolute atomic E-state index is 0.0808. The number of rotatable bonds is 4. The van der Waals surface area contributed by atoms with E-state index in [-0.39, 0.29) is 17.4 Å². The first-order chi connectivity index (χ1) is 12.5. The van der Waals surface area contributed by atoms with Crippen LogP contribution in [0, 0.1) is 0 Å². The zero-order chi connectivity index (χ0) is 18.7. The van der Waals surface area contributed by atoms with Crippen molar-refractivity contribution >= 4 is 11.8 Å². The van der Waals surface area contributed by atoms with Crippen molar-refractivity contribution < 1.29 is 18.7 Å². The van der Waals surface area contributed by atoms with Crippen molar-refractivity contribution in [2.24, 2.45) is 0 Å². The normalized spacial score (nSPS) is 25.0. The summed E-state index contributed by atoms with van der Waals surface area (Å²) in [6.45, 7) is 5.98. The maximum atomic E-state index is 12.9. The molecule has 3 rings (SSSR count). The van der Waals surface area contributed by atoms with Gasteiger partial charge in [-0.05, 0) is 38.9 Å². The SMILES string of the molecule is CCN1CC[C@@]2(CCC1=O)CN(C(=O)c1ccc(COC)o1)CCN2C. The number of ether oxygens (including phenoxy) is 1. The van der Waals surface area contributed by atoms with Crippen LogP contribution in [0.2, 0.25) is 0 Å². The lowest BCUT2D eigenvalue weighted by Gasteiger charge is -2.49. The molecule has 144 valence electrons. The minimum atomic E-state index is -0.143. The Morgan fingerprint density at radius 2 is 2.08 bits per heavy atom. The Kier molecular flexibility index (Phi) is 5.67. The van der Waals surface area contributed by atoms with Gasteiger partial charge in [0.05, 0.1) is 0 Å². The van der Waals surface area contributed by atoms with E-state index in [4.69, 9.17) is 9.15 Å². The van der Waals surface area contributed by atoms with Crippen molar-refractivity contribution in [2.45, 2.75) is 38.3 Å². The number of likely N-dealkylation sites (N-methyl/N-ethyl adjacent to an activating group) is 1. The molecule has 26 heavy (non-hydrogen) atoms. The first-order valence-corrected chi connectivity index (χ1v) is 9.35. The molecule has 1 aromatic heterocycles. The molecule has 0 bridgehead atoms. The maximum Gasteiger partial charge on any atom is 0.289 e. The summed E-state index contributed by atoms with van der Waals surface area (Å²) >= 11 is 0. The predicted molar refractivity (Wildman–Crippen MR) is 96.8 cm³/mol. The van der Waals surface area contributed by atoms with Crippen LogP contribution in [0.5, 0.6) is 0 Å². The molecule has 7 heteroatoms. The lowest BCUT2D eigenvalue weighted by molar-refractivity contribution is -0.130. The van der Waals surface area contributed by atoms with Crippen LogP contribution < -0.4 is 0 Å². The number of nitrogens with zero attached hydrogens (tertiary/aromatic N) is 3. The first kappa shape index (κ1) is 18.9. The molecular formula is C19H29N3O4. The van der Waals surface area contributed by atoms with Gasteiger partial charge in [-0.25, -0.2) is 0 Å². The highest BCUT2D eigenvalue weighted by Gasteiger charge is 2.43. The van der Waals surface area contributed by atoms with Crippen LogP contribution in [0.25, 0.3) is 0 Å². The topological polar surface area (TPSA) is 66.2 Å². The largest absolute Gasteiger partial charge is 0.453 e. The van der Waals surface area contributed by atoms with Crippen LogP contribution in [0.4, 0.5) is 0 Å². The van der Waals surface area contributed by atoms with E-state index in [1.54, 1.807) is 19.2 Å². The standard InChI is InChI=1S/C19H29N3O4/c1-4-21-10-9-19(8-7-17(21)23)14-22(12-11-20(19)2)18(24)16-6-5-15(26-16)13-25-3/h5-6H,4,7-14H2,1-3H3/t19-/m0/s1. The van der Waals surface area contributed by atoms with Crippen molar-refractivity contribution in [3.05, 3.63) is 23.7 Å². The van der Waals surface area contributed by atoms with Gasteiger partial charge in [0.1, 0.15) is 12.4 Å². The molecule has 0 aliphatic carbocycles. The van der Waals surface area contributed by atoms with E-state index in [2.05, 4.69) is 11.9 Å². The van der Waals surface area contributed by atoms with Gasteiger partial charge in [-0.2, -0.15) is 0 Å². The zero-order valence-corrected chi connectivity index (χ0v) is 16.0. The van der Waals surface area contributed by atoms with E-state index in [1.807, 2.05) is 16.7 Å². The Morgan fingerprint density at radius 3 is 2.81 bits per heavy atom. The van der Waals surface area contributed by atoms with Crippen LogP contribution in [-0.2, 0) is 16.1 Å². The fraction of sp³-hybridized carbons (Fsp3) is 0.684. The molecule has 1 spiro atoms.